The SMILES string of the molecule is CCOc1ccc(CC2(CNC)CCC2)cc1Cl. The number of hydrogen-bond donors (Lipinski definition) is 1. The molecule has 0 unspecified atom stereocenters. The van der Waals surface area contributed by atoms with Crippen LogP contribution in [0.15, 0.2) is 18.2 Å². The van der Waals surface area contributed by atoms with Gasteiger partial charge in [0.2, 0.25) is 0 Å². The maximum Gasteiger partial charge on any atom is 0.137 e. The van der Waals surface area contributed by atoms with Gasteiger partial charge in [-0.05, 0) is 56.3 Å². The van der Waals surface area contributed by atoms with E-state index in [-0.39, 0.29) is 0 Å². The van der Waals surface area contributed by atoms with Crippen molar-refractivity contribution < 1.29 is 4.74 Å². The molecule has 3 heteroatoms. The van der Waals surface area contributed by atoms with Crippen molar-refractivity contribution in [3.63, 3.8) is 0 Å². The first-order valence-corrected chi connectivity index (χ1v) is 7.13. The van der Waals surface area contributed by atoms with Crippen molar-refractivity contribution in [2.24, 2.45) is 5.41 Å². The molecule has 0 saturated heterocycles. The molecular weight excluding hydrogens is 246 g/mol. The zero-order chi connectivity index (χ0) is 13.0. The van der Waals surface area contributed by atoms with Crippen LogP contribution in [0, 0.1) is 5.41 Å². The largest absolute Gasteiger partial charge is 0.492 e. The molecule has 18 heavy (non-hydrogen) atoms. The highest BCUT2D eigenvalue weighted by Gasteiger charge is 2.36. The molecule has 0 aliphatic heterocycles. The molecule has 0 radical (unpaired) electrons. The molecule has 0 amide bonds. The highest BCUT2D eigenvalue weighted by atomic mass is 35.5. The molecule has 0 aromatic heterocycles. The summed E-state index contributed by atoms with van der Waals surface area (Å²) in [6.07, 6.45) is 5.10. The molecule has 0 heterocycles. The van der Waals surface area contributed by atoms with Gasteiger partial charge in [0.05, 0.1) is 11.6 Å². The van der Waals surface area contributed by atoms with Crippen LogP contribution in [0.2, 0.25) is 5.02 Å². The molecule has 1 aliphatic rings. The Kier molecular flexibility index (Phi) is 4.52. The third kappa shape index (κ3) is 2.99. The summed E-state index contributed by atoms with van der Waals surface area (Å²) in [7, 11) is 2.03. The van der Waals surface area contributed by atoms with Crippen LogP contribution in [-0.2, 0) is 6.42 Å². The van der Waals surface area contributed by atoms with Crippen LogP contribution in [0.1, 0.15) is 31.7 Å². The fourth-order valence-corrected chi connectivity index (χ4v) is 3.09. The Morgan fingerprint density at radius 1 is 1.39 bits per heavy atom. The Hall–Kier alpha value is -0.730. The summed E-state index contributed by atoms with van der Waals surface area (Å²) in [5.74, 6) is 0.791. The lowest BCUT2D eigenvalue weighted by Crippen LogP contribution is -2.40. The average molecular weight is 268 g/mol. The molecule has 2 nitrogen and oxygen atoms in total. The minimum atomic E-state index is 0.450. The number of nitrogens with one attached hydrogen (secondary N) is 1. The molecular formula is C15H22ClNO. The van der Waals surface area contributed by atoms with Crippen LogP contribution >= 0.6 is 11.6 Å². The van der Waals surface area contributed by atoms with E-state index in [4.69, 9.17) is 16.3 Å². The second-order valence-corrected chi connectivity index (χ2v) is 5.67. The van der Waals surface area contributed by atoms with E-state index < -0.39 is 0 Å². The second kappa shape index (κ2) is 5.94. The zero-order valence-electron chi connectivity index (χ0n) is 11.3. The van der Waals surface area contributed by atoms with Gasteiger partial charge in [-0.2, -0.15) is 0 Å². The molecule has 1 saturated carbocycles. The monoisotopic (exact) mass is 267 g/mol. The predicted molar refractivity (Wildman–Crippen MR) is 76.5 cm³/mol. The molecule has 1 fully saturated rings. The minimum Gasteiger partial charge on any atom is -0.492 e. The first-order valence-electron chi connectivity index (χ1n) is 6.75. The van der Waals surface area contributed by atoms with E-state index >= 15 is 0 Å². The Morgan fingerprint density at radius 3 is 2.67 bits per heavy atom. The lowest BCUT2D eigenvalue weighted by atomic mass is 9.65. The molecule has 1 aromatic carbocycles. The summed E-state index contributed by atoms with van der Waals surface area (Å²) in [5.41, 5.74) is 1.77. The molecule has 0 spiro atoms. The summed E-state index contributed by atoms with van der Waals surface area (Å²) in [6, 6.07) is 6.20. The normalized spacial score (nSPS) is 17.3. The van der Waals surface area contributed by atoms with Gasteiger partial charge in [-0.1, -0.05) is 24.1 Å². The van der Waals surface area contributed by atoms with Gasteiger partial charge in [0, 0.05) is 6.54 Å². The number of rotatable bonds is 6. The van der Waals surface area contributed by atoms with Gasteiger partial charge in [-0.25, -0.2) is 0 Å². The smallest absolute Gasteiger partial charge is 0.137 e. The van der Waals surface area contributed by atoms with E-state index in [0.717, 1.165) is 23.7 Å². The van der Waals surface area contributed by atoms with E-state index in [2.05, 4.69) is 17.4 Å². The molecule has 2 rings (SSSR count). The van der Waals surface area contributed by atoms with E-state index in [9.17, 15) is 0 Å². The number of benzene rings is 1. The maximum atomic E-state index is 6.23. The Morgan fingerprint density at radius 2 is 2.17 bits per heavy atom. The van der Waals surface area contributed by atoms with Crippen molar-refractivity contribution >= 4 is 11.6 Å². The van der Waals surface area contributed by atoms with Gasteiger partial charge >= 0.3 is 0 Å². The fourth-order valence-electron chi connectivity index (χ4n) is 2.83. The van der Waals surface area contributed by atoms with Crippen molar-refractivity contribution in [1.82, 2.24) is 5.32 Å². The summed E-state index contributed by atoms with van der Waals surface area (Å²) < 4.78 is 5.47. The van der Waals surface area contributed by atoms with Gasteiger partial charge < -0.3 is 10.1 Å². The molecule has 1 N–H and O–H groups in total. The highest BCUT2D eigenvalue weighted by molar-refractivity contribution is 6.32. The van der Waals surface area contributed by atoms with Crippen LogP contribution in [0.4, 0.5) is 0 Å². The first-order chi connectivity index (χ1) is 8.69. The average Bonchev–Trinajstić information content (AvgIpc) is 2.30. The third-order valence-electron chi connectivity index (χ3n) is 3.84. The van der Waals surface area contributed by atoms with Crippen molar-refractivity contribution in [1.29, 1.82) is 0 Å². The van der Waals surface area contributed by atoms with Crippen LogP contribution in [0.3, 0.4) is 0 Å². The van der Waals surface area contributed by atoms with E-state index in [0.29, 0.717) is 12.0 Å². The summed E-state index contributed by atoms with van der Waals surface area (Å²) >= 11 is 6.23. The molecule has 100 valence electrons. The van der Waals surface area contributed by atoms with Crippen molar-refractivity contribution in [3.05, 3.63) is 28.8 Å². The molecule has 1 aromatic rings. The number of ether oxygens (including phenoxy) is 1. The van der Waals surface area contributed by atoms with Crippen LogP contribution in [0.5, 0.6) is 5.75 Å². The van der Waals surface area contributed by atoms with Crippen molar-refractivity contribution in [2.75, 3.05) is 20.2 Å². The summed E-state index contributed by atoms with van der Waals surface area (Å²) in [4.78, 5) is 0. The lowest BCUT2D eigenvalue weighted by molar-refractivity contribution is 0.133. The zero-order valence-corrected chi connectivity index (χ0v) is 12.0. The van der Waals surface area contributed by atoms with Gasteiger partial charge in [-0.3, -0.25) is 0 Å². The van der Waals surface area contributed by atoms with Crippen LogP contribution in [0.25, 0.3) is 0 Å². The standard InChI is InChI=1S/C15H22ClNO/c1-3-18-14-6-5-12(9-13(14)16)10-15(11-17-2)7-4-8-15/h5-6,9,17H,3-4,7-8,10-11H2,1-2H3. The Bertz CT molecular complexity index is 401. The van der Waals surface area contributed by atoms with Crippen molar-refractivity contribution in [3.8, 4) is 5.75 Å². The summed E-state index contributed by atoms with van der Waals surface area (Å²) in [5, 5.41) is 4.05. The number of hydrogen-bond acceptors (Lipinski definition) is 2. The van der Waals surface area contributed by atoms with E-state index in [1.165, 1.54) is 24.8 Å². The van der Waals surface area contributed by atoms with Crippen molar-refractivity contribution in [2.45, 2.75) is 32.6 Å². The topological polar surface area (TPSA) is 21.3 Å². The molecule has 0 atom stereocenters. The molecule has 1 aliphatic carbocycles. The third-order valence-corrected chi connectivity index (χ3v) is 4.14. The first kappa shape index (κ1) is 13.7. The number of halogens is 1. The van der Waals surface area contributed by atoms with Crippen LogP contribution in [-0.4, -0.2) is 20.2 Å². The Balaban J connectivity index is 2.07. The second-order valence-electron chi connectivity index (χ2n) is 5.26. The fraction of sp³-hybridized carbons (Fsp3) is 0.600. The lowest BCUT2D eigenvalue weighted by Gasteiger charge is -2.42. The van der Waals surface area contributed by atoms with Gasteiger partial charge in [0.25, 0.3) is 0 Å². The van der Waals surface area contributed by atoms with Gasteiger partial charge in [0.1, 0.15) is 5.75 Å². The minimum absolute atomic E-state index is 0.450. The van der Waals surface area contributed by atoms with Gasteiger partial charge in [0.15, 0.2) is 0 Å². The maximum absolute atomic E-state index is 6.23. The van der Waals surface area contributed by atoms with E-state index in [1.807, 2.05) is 20.0 Å². The quantitative estimate of drug-likeness (QED) is 0.849. The van der Waals surface area contributed by atoms with Gasteiger partial charge in [-0.15, -0.1) is 0 Å². The Labute approximate surface area is 115 Å². The predicted octanol–water partition coefficient (Wildman–Crippen LogP) is 3.67. The highest BCUT2D eigenvalue weighted by Crippen LogP contribution is 2.43. The van der Waals surface area contributed by atoms with E-state index in [1.54, 1.807) is 0 Å². The molecule has 0 bridgehead atoms. The van der Waals surface area contributed by atoms with Crippen LogP contribution < -0.4 is 10.1 Å². The summed E-state index contributed by atoms with van der Waals surface area (Å²) in [6.45, 7) is 3.72.